The van der Waals surface area contributed by atoms with Crippen LogP contribution in [0.4, 0.5) is 0 Å². The van der Waals surface area contributed by atoms with E-state index in [0.717, 1.165) is 89.9 Å². The van der Waals surface area contributed by atoms with E-state index in [1.54, 1.807) is 0 Å². The molecule has 0 aromatic rings. The number of Topliss-reactive ketones (excluding diaryl/α,β-unsaturated/α-hetero) is 1. The standard InChI is InChI=1S/C27H42O3.C27H40O3/c2*1-7-8-17-15-18-16-19(30-24(29)25(2,3)4)11-13-26(18,5)21-12-14-27(6)20(23(17)21)9-10-22(27)28/h7,16-17,19-23,28H,1,8-15H2,2-6H3;7,16-17,19-21,23H,1,8-15H2,2-6H3/t17-,19+,20?,21?,22+,23?,26+,27+;17-,19+,20?,21?,23?,26+,27+/m11/s1. The van der Waals surface area contributed by atoms with Crippen LogP contribution < -0.4 is 0 Å². The molecule has 6 nitrogen and oxygen atoms in total. The first-order valence-corrected chi connectivity index (χ1v) is 24.3. The van der Waals surface area contributed by atoms with Gasteiger partial charge in [-0.25, -0.2) is 0 Å². The van der Waals surface area contributed by atoms with E-state index in [-0.39, 0.29) is 51.9 Å². The maximum atomic E-state index is 12.8. The maximum absolute atomic E-state index is 12.8. The van der Waals surface area contributed by atoms with Gasteiger partial charge < -0.3 is 14.6 Å². The molecule has 8 rings (SSSR count). The quantitative estimate of drug-likeness (QED) is 0.212. The Morgan fingerprint density at radius 2 is 1.08 bits per heavy atom. The zero-order valence-electron chi connectivity index (χ0n) is 39.4. The molecule has 6 fully saturated rings. The monoisotopic (exact) mass is 827 g/mol. The van der Waals surface area contributed by atoms with Gasteiger partial charge in [-0.05, 0) is 214 Å². The number of aliphatic hydroxyl groups is 1. The van der Waals surface area contributed by atoms with Gasteiger partial charge >= 0.3 is 11.9 Å². The Morgan fingerprint density at radius 1 is 0.650 bits per heavy atom. The van der Waals surface area contributed by atoms with E-state index >= 15 is 0 Å². The molecule has 0 amide bonds. The molecule has 0 spiro atoms. The second-order valence-electron chi connectivity index (χ2n) is 24.3. The lowest BCUT2D eigenvalue weighted by Crippen LogP contribution is -2.54. The first-order chi connectivity index (χ1) is 28.0. The average Bonchev–Trinajstić information content (AvgIpc) is 3.65. The Kier molecular flexibility index (Phi) is 12.3. The molecule has 0 aromatic carbocycles. The van der Waals surface area contributed by atoms with Crippen LogP contribution in [0.1, 0.15) is 172 Å². The van der Waals surface area contributed by atoms with Crippen LogP contribution in [0.3, 0.4) is 0 Å². The predicted molar refractivity (Wildman–Crippen MR) is 240 cm³/mol. The van der Waals surface area contributed by atoms with Crippen molar-refractivity contribution in [2.75, 3.05) is 0 Å². The first-order valence-electron chi connectivity index (χ1n) is 24.3. The molecule has 8 aliphatic carbocycles. The van der Waals surface area contributed by atoms with Crippen molar-refractivity contribution in [3.8, 4) is 0 Å². The Labute approximate surface area is 364 Å². The van der Waals surface area contributed by atoms with Gasteiger partial charge in [-0.1, -0.05) is 51.0 Å². The van der Waals surface area contributed by atoms with Crippen molar-refractivity contribution >= 4 is 17.7 Å². The van der Waals surface area contributed by atoms with E-state index < -0.39 is 10.8 Å². The third-order valence-corrected chi connectivity index (χ3v) is 18.8. The summed E-state index contributed by atoms with van der Waals surface area (Å²) in [5, 5.41) is 10.8. The van der Waals surface area contributed by atoms with Crippen LogP contribution >= 0.6 is 0 Å². The van der Waals surface area contributed by atoms with E-state index in [9.17, 15) is 19.5 Å². The minimum absolute atomic E-state index is 0.0807. The third-order valence-electron chi connectivity index (χ3n) is 18.8. The molecular weight excluding hydrogens is 745 g/mol. The lowest BCUT2D eigenvalue weighted by Gasteiger charge is -2.60. The number of hydrogen-bond donors (Lipinski definition) is 1. The highest BCUT2D eigenvalue weighted by molar-refractivity contribution is 5.87. The van der Waals surface area contributed by atoms with Crippen molar-refractivity contribution in [3.05, 3.63) is 48.6 Å². The Balaban J connectivity index is 0.000000181. The second kappa shape index (κ2) is 16.3. The molecular formula is C54H82O6. The summed E-state index contributed by atoms with van der Waals surface area (Å²) in [6, 6.07) is 0. The number of hydrogen-bond acceptors (Lipinski definition) is 6. The second-order valence-corrected chi connectivity index (χ2v) is 24.3. The van der Waals surface area contributed by atoms with Crippen molar-refractivity contribution in [1.82, 2.24) is 0 Å². The number of fused-ring (bicyclic) bond motifs is 10. The van der Waals surface area contributed by atoms with Crippen molar-refractivity contribution in [2.45, 2.75) is 190 Å². The van der Waals surface area contributed by atoms with Gasteiger partial charge in [-0.3, -0.25) is 14.4 Å². The first kappa shape index (κ1) is 45.6. The normalized spacial score (nSPS) is 44.4. The van der Waals surface area contributed by atoms with Crippen molar-refractivity contribution in [1.29, 1.82) is 0 Å². The summed E-state index contributed by atoms with van der Waals surface area (Å²) in [5.41, 5.74) is 2.49. The van der Waals surface area contributed by atoms with E-state index in [2.05, 4.69) is 65.2 Å². The third kappa shape index (κ3) is 7.80. The Hall–Kier alpha value is -2.47. The van der Waals surface area contributed by atoms with Gasteiger partial charge in [0.15, 0.2) is 0 Å². The van der Waals surface area contributed by atoms with Crippen molar-refractivity contribution in [2.24, 2.45) is 79.8 Å². The van der Waals surface area contributed by atoms with Crippen molar-refractivity contribution < 1.29 is 29.0 Å². The maximum Gasteiger partial charge on any atom is 0.311 e. The fourth-order valence-corrected chi connectivity index (χ4v) is 15.1. The largest absolute Gasteiger partial charge is 0.458 e. The van der Waals surface area contributed by atoms with Gasteiger partial charge in [0, 0.05) is 11.8 Å². The lowest BCUT2D eigenvalue weighted by atomic mass is 9.44. The van der Waals surface area contributed by atoms with Crippen LogP contribution in [0.25, 0.3) is 0 Å². The summed E-state index contributed by atoms with van der Waals surface area (Å²) in [7, 11) is 0. The molecule has 0 saturated heterocycles. The van der Waals surface area contributed by atoms with Gasteiger partial charge in [0.1, 0.15) is 18.0 Å². The summed E-state index contributed by atoms with van der Waals surface area (Å²) in [6.07, 6.45) is 25.3. The fraction of sp³-hybridized carbons (Fsp3) is 0.796. The van der Waals surface area contributed by atoms with Gasteiger partial charge in [-0.2, -0.15) is 0 Å². The molecule has 0 heterocycles. The molecule has 1 N–H and O–H groups in total. The number of ketones is 1. The summed E-state index contributed by atoms with van der Waals surface area (Å²) in [4.78, 5) is 37.7. The molecule has 0 bridgehead atoms. The Bertz CT molecular complexity index is 1760. The number of carbonyl (C=O) groups excluding carboxylic acids is 3. The summed E-state index contributed by atoms with van der Waals surface area (Å²) >= 11 is 0. The highest BCUT2D eigenvalue weighted by atomic mass is 16.5. The molecule has 15 atom stereocenters. The zero-order valence-corrected chi connectivity index (χ0v) is 39.4. The van der Waals surface area contributed by atoms with Gasteiger partial charge in [-0.15, -0.1) is 13.2 Å². The topological polar surface area (TPSA) is 89.9 Å². The fourth-order valence-electron chi connectivity index (χ4n) is 15.1. The minimum Gasteiger partial charge on any atom is -0.458 e. The van der Waals surface area contributed by atoms with Gasteiger partial charge in [0.25, 0.3) is 0 Å². The number of ether oxygens (including phenoxy) is 2. The highest BCUT2D eigenvalue weighted by Crippen LogP contribution is 2.68. The van der Waals surface area contributed by atoms with Crippen LogP contribution in [-0.2, 0) is 23.9 Å². The lowest BCUT2D eigenvalue weighted by molar-refractivity contribution is -0.158. The molecule has 60 heavy (non-hydrogen) atoms. The van der Waals surface area contributed by atoms with Crippen LogP contribution in [0, 0.1) is 79.8 Å². The van der Waals surface area contributed by atoms with E-state index in [1.165, 1.54) is 24.0 Å². The Morgan fingerprint density at radius 3 is 1.55 bits per heavy atom. The number of esters is 2. The van der Waals surface area contributed by atoms with Crippen LogP contribution in [-0.4, -0.2) is 41.1 Å². The molecule has 0 aromatic heterocycles. The highest BCUT2D eigenvalue weighted by Gasteiger charge is 2.63. The average molecular weight is 827 g/mol. The molecule has 6 unspecified atom stereocenters. The molecule has 0 aliphatic heterocycles. The molecule has 8 aliphatic rings. The van der Waals surface area contributed by atoms with Crippen LogP contribution in [0.15, 0.2) is 48.6 Å². The van der Waals surface area contributed by atoms with E-state index in [4.69, 9.17) is 9.47 Å². The van der Waals surface area contributed by atoms with Gasteiger partial charge in [0.05, 0.1) is 16.9 Å². The molecule has 0 radical (unpaired) electrons. The minimum atomic E-state index is -0.467. The van der Waals surface area contributed by atoms with Crippen LogP contribution in [0.5, 0.6) is 0 Å². The summed E-state index contributed by atoms with van der Waals surface area (Å²) in [6.45, 7) is 29.2. The van der Waals surface area contributed by atoms with E-state index in [0.29, 0.717) is 53.1 Å². The summed E-state index contributed by atoms with van der Waals surface area (Å²) < 4.78 is 11.8. The molecule has 6 saturated carbocycles. The number of allylic oxidation sites excluding steroid dienone is 4. The molecule has 334 valence electrons. The SMILES string of the molecule is C=CC[C@@H]1CC2=C[C@@H](OC(=O)C(C)(C)C)CC[C@]2(C)C2CC[C@@]3(C)C(CC[C@@H]3O)C21.C=CC[C@@H]1CC2=C[C@@H](OC(=O)C(C)(C)C)CC[C@]2(C)C2CC[C@]3(C)C(=O)CCC3C21. The van der Waals surface area contributed by atoms with E-state index in [1.807, 2.05) is 41.5 Å². The molecule has 6 heteroatoms. The summed E-state index contributed by atoms with van der Waals surface area (Å²) in [5.74, 6) is 5.20. The number of rotatable bonds is 6. The predicted octanol–water partition coefficient (Wildman–Crippen LogP) is 12.3. The zero-order chi connectivity index (χ0) is 43.8. The van der Waals surface area contributed by atoms with Gasteiger partial charge in [0.2, 0.25) is 0 Å². The number of carbonyl (C=O) groups is 3. The van der Waals surface area contributed by atoms with Crippen molar-refractivity contribution in [3.63, 3.8) is 0 Å². The number of aliphatic hydroxyl groups excluding tert-OH is 1. The smallest absolute Gasteiger partial charge is 0.311 e. The van der Waals surface area contributed by atoms with Crippen LogP contribution in [0.2, 0.25) is 0 Å².